The number of piperidine rings is 1. The number of pyridine rings is 1. The molecular formula is C21H24N4O4S. The molecule has 0 unspecified atom stereocenters. The summed E-state index contributed by atoms with van der Waals surface area (Å²) in [4.78, 5) is 28.2. The van der Waals surface area contributed by atoms with E-state index in [-0.39, 0.29) is 37.4 Å². The van der Waals surface area contributed by atoms with Crippen LogP contribution < -0.4 is 10.6 Å². The number of aromatic nitrogens is 1. The van der Waals surface area contributed by atoms with E-state index in [1.54, 1.807) is 24.4 Å². The molecule has 1 aliphatic heterocycles. The topological polar surface area (TPSA) is 108 Å². The van der Waals surface area contributed by atoms with Crippen molar-refractivity contribution in [1.82, 2.24) is 14.6 Å². The van der Waals surface area contributed by atoms with Gasteiger partial charge in [0, 0.05) is 30.6 Å². The van der Waals surface area contributed by atoms with Crippen LogP contribution in [0.4, 0.5) is 5.69 Å². The van der Waals surface area contributed by atoms with E-state index in [2.05, 4.69) is 15.6 Å². The number of benzene rings is 1. The minimum absolute atomic E-state index is 0.147. The minimum atomic E-state index is -3.54. The Morgan fingerprint density at radius 2 is 1.83 bits per heavy atom. The second-order valence-electron chi connectivity index (χ2n) is 6.94. The van der Waals surface area contributed by atoms with E-state index in [0.717, 1.165) is 5.56 Å². The van der Waals surface area contributed by atoms with Gasteiger partial charge in [0.1, 0.15) is 0 Å². The van der Waals surface area contributed by atoms with Crippen LogP contribution in [0.3, 0.4) is 0 Å². The van der Waals surface area contributed by atoms with E-state index in [1.165, 1.54) is 15.9 Å². The summed E-state index contributed by atoms with van der Waals surface area (Å²) in [5, 5.41) is 6.46. The molecule has 158 valence electrons. The SMILES string of the molecule is O=C(CNC(=O)C1CCN(S(=O)(=O)/C=C/c2ccccc2)CC1)Nc1cccnc1. The van der Waals surface area contributed by atoms with Crippen molar-refractivity contribution in [2.75, 3.05) is 25.0 Å². The molecule has 0 bridgehead atoms. The third-order valence-electron chi connectivity index (χ3n) is 4.79. The zero-order chi connectivity index (χ0) is 21.4. The predicted molar refractivity (Wildman–Crippen MR) is 115 cm³/mol. The second kappa shape index (κ2) is 10.1. The largest absolute Gasteiger partial charge is 0.347 e. The average Bonchev–Trinajstić information content (AvgIpc) is 2.77. The fraction of sp³-hybridized carbons (Fsp3) is 0.286. The van der Waals surface area contributed by atoms with E-state index < -0.39 is 10.0 Å². The first-order chi connectivity index (χ1) is 14.4. The van der Waals surface area contributed by atoms with Gasteiger partial charge >= 0.3 is 0 Å². The standard InChI is InChI=1S/C21H24N4O4S/c26-20(24-19-7-4-11-22-15-19)16-23-21(27)18-8-12-25(13-9-18)30(28,29)14-10-17-5-2-1-3-6-17/h1-7,10-11,14-15,18H,8-9,12-13,16H2,(H,23,27)(H,24,26)/b14-10+. The summed E-state index contributed by atoms with van der Waals surface area (Å²) >= 11 is 0. The Labute approximate surface area is 176 Å². The lowest BCUT2D eigenvalue weighted by atomic mass is 9.97. The summed E-state index contributed by atoms with van der Waals surface area (Å²) in [5.74, 6) is -0.906. The molecule has 1 aromatic carbocycles. The molecule has 30 heavy (non-hydrogen) atoms. The Bertz CT molecular complexity index is 986. The highest BCUT2D eigenvalue weighted by Crippen LogP contribution is 2.21. The van der Waals surface area contributed by atoms with Gasteiger partial charge in [0.15, 0.2) is 0 Å². The lowest BCUT2D eigenvalue weighted by Crippen LogP contribution is -2.43. The smallest absolute Gasteiger partial charge is 0.243 e. The van der Waals surface area contributed by atoms with E-state index in [0.29, 0.717) is 18.5 Å². The lowest BCUT2D eigenvalue weighted by molar-refractivity contribution is -0.128. The van der Waals surface area contributed by atoms with Gasteiger partial charge in [-0.05, 0) is 36.6 Å². The third kappa shape index (κ3) is 6.23. The molecule has 1 saturated heterocycles. The summed E-state index contributed by atoms with van der Waals surface area (Å²) in [5.41, 5.74) is 1.36. The fourth-order valence-electron chi connectivity index (χ4n) is 3.14. The van der Waals surface area contributed by atoms with Crippen LogP contribution >= 0.6 is 0 Å². The number of carbonyl (C=O) groups is 2. The van der Waals surface area contributed by atoms with Crippen molar-refractivity contribution >= 4 is 33.6 Å². The first kappa shape index (κ1) is 21.7. The van der Waals surface area contributed by atoms with Crippen LogP contribution in [0.2, 0.25) is 0 Å². The number of hydrogen-bond acceptors (Lipinski definition) is 5. The summed E-state index contributed by atoms with van der Waals surface area (Å²) < 4.78 is 26.4. The van der Waals surface area contributed by atoms with Crippen molar-refractivity contribution in [3.8, 4) is 0 Å². The molecule has 9 heteroatoms. The van der Waals surface area contributed by atoms with Crippen molar-refractivity contribution in [3.05, 3.63) is 65.8 Å². The number of nitrogens with zero attached hydrogens (tertiary/aromatic N) is 2. The molecule has 2 aromatic rings. The summed E-state index contributed by atoms with van der Waals surface area (Å²) in [6.45, 7) is 0.384. The maximum atomic E-state index is 12.5. The van der Waals surface area contributed by atoms with E-state index >= 15 is 0 Å². The molecule has 2 heterocycles. The Morgan fingerprint density at radius 1 is 1.10 bits per heavy atom. The van der Waals surface area contributed by atoms with E-state index in [4.69, 9.17) is 0 Å². The van der Waals surface area contributed by atoms with Crippen molar-refractivity contribution in [1.29, 1.82) is 0 Å². The highest BCUT2D eigenvalue weighted by molar-refractivity contribution is 7.92. The molecule has 1 aromatic heterocycles. The monoisotopic (exact) mass is 428 g/mol. The molecule has 0 aliphatic carbocycles. The van der Waals surface area contributed by atoms with Crippen molar-refractivity contribution in [2.24, 2.45) is 5.92 Å². The van der Waals surface area contributed by atoms with E-state index in [1.807, 2.05) is 30.3 Å². The first-order valence-electron chi connectivity index (χ1n) is 9.65. The zero-order valence-electron chi connectivity index (χ0n) is 16.4. The minimum Gasteiger partial charge on any atom is -0.347 e. The fourth-order valence-corrected chi connectivity index (χ4v) is 4.36. The van der Waals surface area contributed by atoms with Crippen molar-refractivity contribution in [3.63, 3.8) is 0 Å². The molecule has 0 spiro atoms. The molecule has 8 nitrogen and oxygen atoms in total. The normalized spacial score (nSPS) is 15.7. The van der Waals surface area contributed by atoms with Gasteiger partial charge in [0.2, 0.25) is 21.8 Å². The van der Waals surface area contributed by atoms with Crippen LogP contribution in [0.25, 0.3) is 6.08 Å². The highest BCUT2D eigenvalue weighted by Gasteiger charge is 2.30. The number of rotatable bonds is 7. The Hall–Kier alpha value is -3.04. The van der Waals surface area contributed by atoms with Gasteiger partial charge in [-0.3, -0.25) is 14.6 Å². The highest BCUT2D eigenvalue weighted by atomic mass is 32.2. The van der Waals surface area contributed by atoms with Crippen LogP contribution in [0, 0.1) is 5.92 Å². The zero-order valence-corrected chi connectivity index (χ0v) is 17.2. The Morgan fingerprint density at radius 3 is 2.50 bits per heavy atom. The van der Waals surface area contributed by atoms with Gasteiger partial charge in [0.05, 0.1) is 18.4 Å². The van der Waals surface area contributed by atoms with Crippen LogP contribution in [0.1, 0.15) is 18.4 Å². The number of amides is 2. The summed E-state index contributed by atoms with van der Waals surface area (Å²) in [6.07, 6.45) is 5.50. The van der Waals surface area contributed by atoms with Crippen LogP contribution in [-0.4, -0.2) is 49.2 Å². The molecule has 0 radical (unpaired) electrons. The third-order valence-corrected chi connectivity index (χ3v) is 6.35. The predicted octanol–water partition coefficient (Wildman–Crippen LogP) is 1.85. The Kier molecular flexibility index (Phi) is 7.31. The molecule has 2 N–H and O–H groups in total. The second-order valence-corrected chi connectivity index (χ2v) is 8.76. The number of hydrogen-bond donors (Lipinski definition) is 2. The Balaban J connectivity index is 1.44. The van der Waals surface area contributed by atoms with Gasteiger partial charge < -0.3 is 10.6 Å². The number of carbonyl (C=O) groups excluding carboxylic acids is 2. The molecule has 0 saturated carbocycles. The number of anilines is 1. The number of nitrogens with one attached hydrogen (secondary N) is 2. The van der Waals surface area contributed by atoms with E-state index in [9.17, 15) is 18.0 Å². The van der Waals surface area contributed by atoms with Crippen molar-refractivity contribution < 1.29 is 18.0 Å². The summed E-state index contributed by atoms with van der Waals surface area (Å²) in [7, 11) is -3.54. The van der Waals surface area contributed by atoms with Crippen LogP contribution in [-0.2, 0) is 19.6 Å². The van der Waals surface area contributed by atoms with Gasteiger partial charge in [-0.25, -0.2) is 8.42 Å². The van der Waals surface area contributed by atoms with Gasteiger partial charge in [-0.2, -0.15) is 4.31 Å². The number of sulfonamides is 1. The molecule has 3 rings (SSSR count). The lowest BCUT2D eigenvalue weighted by Gasteiger charge is -2.29. The maximum Gasteiger partial charge on any atom is 0.243 e. The van der Waals surface area contributed by atoms with Crippen molar-refractivity contribution in [2.45, 2.75) is 12.8 Å². The molecule has 1 aliphatic rings. The van der Waals surface area contributed by atoms with Gasteiger partial charge in [-0.1, -0.05) is 30.3 Å². The van der Waals surface area contributed by atoms with Gasteiger partial charge in [-0.15, -0.1) is 0 Å². The van der Waals surface area contributed by atoms with Gasteiger partial charge in [0.25, 0.3) is 0 Å². The maximum absolute atomic E-state index is 12.5. The first-order valence-corrected chi connectivity index (χ1v) is 11.2. The van der Waals surface area contributed by atoms with Crippen LogP contribution in [0.15, 0.2) is 60.3 Å². The molecule has 0 atom stereocenters. The quantitative estimate of drug-likeness (QED) is 0.700. The summed E-state index contributed by atoms with van der Waals surface area (Å²) in [6, 6.07) is 12.6. The molecule has 2 amide bonds. The van der Waals surface area contributed by atoms with Crippen LogP contribution in [0.5, 0.6) is 0 Å². The average molecular weight is 429 g/mol. The molecule has 1 fully saturated rings. The molecular weight excluding hydrogens is 404 g/mol.